The first-order valence-electron chi connectivity index (χ1n) is 12.9. The average molecular weight is 609 g/mol. The van der Waals surface area contributed by atoms with Crippen LogP contribution in [-0.4, -0.2) is 55.2 Å². The molecule has 2 aliphatic rings. The summed E-state index contributed by atoms with van der Waals surface area (Å²) in [6.45, 7) is -0.520. The molecule has 3 aromatic rings. The van der Waals surface area contributed by atoms with Gasteiger partial charge in [-0.1, -0.05) is 5.16 Å². The number of amides is 2. The summed E-state index contributed by atoms with van der Waals surface area (Å²) >= 11 is 0. The van der Waals surface area contributed by atoms with Crippen LogP contribution in [0.1, 0.15) is 65.6 Å². The topological polar surface area (TPSA) is 127 Å². The number of piperidine rings is 1. The molecule has 2 fully saturated rings. The summed E-state index contributed by atoms with van der Waals surface area (Å²) in [6, 6.07) is -1.13. The maximum absolute atomic E-state index is 13.9. The molecule has 5 rings (SSSR count). The molecule has 4 heterocycles. The second-order valence-electron chi connectivity index (χ2n) is 10.5. The summed E-state index contributed by atoms with van der Waals surface area (Å²) in [4.78, 5) is 33.5. The van der Waals surface area contributed by atoms with E-state index in [1.165, 1.54) is 12.4 Å². The van der Waals surface area contributed by atoms with Gasteiger partial charge < -0.3 is 15.2 Å². The largest absolute Gasteiger partial charge is 0.437 e. The van der Waals surface area contributed by atoms with Crippen molar-refractivity contribution in [3.63, 3.8) is 0 Å². The highest BCUT2D eigenvalue weighted by Crippen LogP contribution is 2.42. The zero-order valence-corrected chi connectivity index (χ0v) is 21.5. The number of halogens is 8. The summed E-state index contributed by atoms with van der Waals surface area (Å²) in [5.74, 6) is -8.13. The first-order chi connectivity index (χ1) is 19.6. The normalized spacial score (nSPS) is 22.6. The maximum Gasteiger partial charge on any atom is 0.437 e. The molecule has 228 valence electrons. The van der Waals surface area contributed by atoms with Crippen LogP contribution in [0.4, 0.5) is 35.1 Å². The first kappa shape index (κ1) is 29.6. The Morgan fingerprint density at radius 3 is 2.57 bits per heavy atom. The number of fused-ring (bicyclic) bond motifs is 1. The zero-order valence-electron chi connectivity index (χ0n) is 21.5. The number of alkyl halides is 8. The molecule has 2 amide bonds. The number of aromatic nitrogens is 5. The Balaban J connectivity index is 1.41. The van der Waals surface area contributed by atoms with Crippen molar-refractivity contribution in [2.45, 2.75) is 62.8 Å². The molecule has 3 aromatic heterocycles. The lowest BCUT2D eigenvalue weighted by atomic mass is 9.81. The van der Waals surface area contributed by atoms with Crippen molar-refractivity contribution < 1.29 is 49.2 Å². The van der Waals surface area contributed by atoms with Crippen LogP contribution in [-0.2, 0) is 17.4 Å². The minimum absolute atomic E-state index is 0.0311. The molecular weight excluding hydrogens is 586 g/mol. The molecule has 2 N–H and O–H groups in total. The highest BCUT2D eigenvalue weighted by molar-refractivity contribution is 5.95. The molecule has 18 heteroatoms. The van der Waals surface area contributed by atoms with E-state index in [1.807, 2.05) is 0 Å². The van der Waals surface area contributed by atoms with Crippen molar-refractivity contribution in [3.8, 4) is 0 Å². The number of nitrogens with one attached hydrogen (secondary N) is 2. The third-order valence-corrected chi connectivity index (χ3v) is 7.56. The standard InChI is InChI=1S/C24H23F8N7O3/c25-22(26)3-1-11(2-4-22)17(36-20(41)15-10-42-38-18(15)24(30,31)32)16-9-39-21(35-16)34-8-14(37-39)6-12-5-13(23(27,28)29)7-33-19(12)40/h8-13,17H,1-7H2,(H,33,40)(H,36,41)/t12?,13-,17+/m1/s1. The fraction of sp³-hybridized carbons (Fsp3) is 0.583. The van der Waals surface area contributed by atoms with Crippen LogP contribution in [0.2, 0.25) is 0 Å². The summed E-state index contributed by atoms with van der Waals surface area (Å²) < 4.78 is 113. The Hall–Kier alpha value is -3.86. The molecule has 0 bridgehead atoms. The SMILES string of the molecule is O=C(N[C@H](c1cn2nc(CC3C[C@@H](C(F)(F)F)CNC3=O)cnc2n1)C1CCC(F)(F)CC1)c1conc1C(F)(F)F. The summed E-state index contributed by atoms with van der Waals surface area (Å²) in [6.07, 6.45) is -8.23. The molecular formula is C24H23F8N7O3. The van der Waals surface area contributed by atoms with Crippen molar-refractivity contribution in [2.24, 2.45) is 17.8 Å². The van der Waals surface area contributed by atoms with Crippen LogP contribution in [0.3, 0.4) is 0 Å². The number of hydrogen-bond donors (Lipinski definition) is 2. The number of rotatable bonds is 6. The van der Waals surface area contributed by atoms with Crippen molar-refractivity contribution in [1.29, 1.82) is 0 Å². The van der Waals surface area contributed by atoms with Gasteiger partial charge in [-0.25, -0.2) is 23.3 Å². The molecule has 1 unspecified atom stereocenters. The van der Waals surface area contributed by atoms with Gasteiger partial charge in [0, 0.05) is 31.7 Å². The predicted octanol–water partition coefficient (Wildman–Crippen LogP) is 4.28. The highest BCUT2D eigenvalue weighted by atomic mass is 19.4. The number of imidazole rings is 1. The van der Waals surface area contributed by atoms with Crippen LogP contribution in [0.25, 0.3) is 5.78 Å². The van der Waals surface area contributed by atoms with E-state index in [2.05, 4.69) is 35.4 Å². The van der Waals surface area contributed by atoms with Crippen molar-refractivity contribution >= 4 is 17.6 Å². The molecule has 1 saturated carbocycles. The van der Waals surface area contributed by atoms with Gasteiger partial charge in [-0.15, -0.1) is 0 Å². The number of carbonyl (C=O) groups is 2. The van der Waals surface area contributed by atoms with E-state index in [0.717, 1.165) is 4.52 Å². The second kappa shape index (κ2) is 10.8. The average Bonchev–Trinajstić information content (AvgIpc) is 3.55. The van der Waals surface area contributed by atoms with Crippen LogP contribution < -0.4 is 10.6 Å². The zero-order chi connectivity index (χ0) is 30.4. The molecule has 10 nitrogen and oxygen atoms in total. The van der Waals surface area contributed by atoms with Gasteiger partial charge >= 0.3 is 12.4 Å². The van der Waals surface area contributed by atoms with Gasteiger partial charge in [-0.05, 0) is 25.2 Å². The fourth-order valence-corrected chi connectivity index (χ4v) is 5.31. The smallest absolute Gasteiger partial charge is 0.363 e. The van der Waals surface area contributed by atoms with Gasteiger partial charge in [-0.3, -0.25) is 9.59 Å². The predicted molar refractivity (Wildman–Crippen MR) is 124 cm³/mol. The second-order valence-corrected chi connectivity index (χ2v) is 10.5. The molecule has 42 heavy (non-hydrogen) atoms. The van der Waals surface area contributed by atoms with E-state index in [-0.39, 0.29) is 36.4 Å². The minimum Gasteiger partial charge on any atom is -0.363 e. The Labute approximate surface area is 231 Å². The molecule has 3 atom stereocenters. The minimum atomic E-state index is -5.00. The molecule has 1 saturated heterocycles. The number of hydrogen-bond acceptors (Lipinski definition) is 7. The van der Waals surface area contributed by atoms with Crippen LogP contribution in [0.5, 0.6) is 0 Å². The number of carbonyl (C=O) groups excluding carboxylic acids is 2. The van der Waals surface area contributed by atoms with Gasteiger partial charge in [0.15, 0.2) is 5.69 Å². The lowest BCUT2D eigenvalue weighted by Gasteiger charge is -2.33. The highest BCUT2D eigenvalue weighted by Gasteiger charge is 2.45. The van der Waals surface area contributed by atoms with Crippen molar-refractivity contribution in [1.82, 2.24) is 35.4 Å². The van der Waals surface area contributed by atoms with Crippen LogP contribution >= 0.6 is 0 Å². The van der Waals surface area contributed by atoms with Crippen molar-refractivity contribution in [2.75, 3.05) is 6.54 Å². The van der Waals surface area contributed by atoms with Gasteiger partial charge in [0.25, 0.3) is 11.7 Å². The first-order valence-corrected chi connectivity index (χ1v) is 12.9. The third-order valence-electron chi connectivity index (χ3n) is 7.56. The third kappa shape index (κ3) is 6.30. The van der Waals surface area contributed by atoms with E-state index < -0.39 is 90.9 Å². The Kier molecular flexibility index (Phi) is 7.59. The van der Waals surface area contributed by atoms with Crippen LogP contribution in [0.15, 0.2) is 23.2 Å². The Bertz CT molecular complexity index is 1460. The summed E-state index contributed by atoms with van der Waals surface area (Å²) in [5.41, 5.74) is -2.24. The molecule has 0 radical (unpaired) electrons. The monoisotopic (exact) mass is 609 g/mol. The van der Waals surface area contributed by atoms with E-state index in [4.69, 9.17) is 0 Å². The number of nitrogens with zero attached hydrogens (tertiary/aromatic N) is 5. The lowest BCUT2D eigenvalue weighted by molar-refractivity contribution is -0.183. The Morgan fingerprint density at radius 1 is 1.19 bits per heavy atom. The van der Waals surface area contributed by atoms with Crippen molar-refractivity contribution in [3.05, 3.63) is 41.3 Å². The summed E-state index contributed by atoms with van der Waals surface area (Å²) in [5, 5.41) is 11.8. The van der Waals surface area contributed by atoms with Gasteiger partial charge in [0.2, 0.25) is 11.8 Å². The van der Waals surface area contributed by atoms with Gasteiger partial charge in [-0.2, -0.15) is 31.4 Å². The molecule has 1 aliphatic heterocycles. The molecule has 0 spiro atoms. The van der Waals surface area contributed by atoms with Crippen LogP contribution in [0, 0.1) is 17.8 Å². The molecule has 0 aromatic carbocycles. The van der Waals surface area contributed by atoms with E-state index in [9.17, 15) is 44.7 Å². The quantitative estimate of drug-likeness (QED) is 0.400. The maximum atomic E-state index is 13.9. The van der Waals surface area contributed by atoms with Gasteiger partial charge in [0.05, 0.1) is 35.7 Å². The van der Waals surface area contributed by atoms with E-state index in [0.29, 0.717) is 6.26 Å². The van der Waals surface area contributed by atoms with E-state index in [1.54, 1.807) is 0 Å². The lowest BCUT2D eigenvalue weighted by Crippen LogP contribution is -2.47. The Morgan fingerprint density at radius 2 is 1.90 bits per heavy atom. The molecule has 1 aliphatic carbocycles. The van der Waals surface area contributed by atoms with E-state index >= 15 is 0 Å². The van der Waals surface area contributed by atoms with Gasteiger partial charge in [0.1, 0.15) is 11.8 Å². The fourth-order valence-electron chi connectivity index (χ4n) is 5.31. The summed E-state index contributed by atoms with van der Waals surface area (Å²) in [7, 11) is 0.